The van der Waals surface area contributed by atoms with Gasteiger partial charge in [-0.25, -0.2) is 9.37 Å². The molecule has 152 valence electrons. The molecule has 2 aromatic heterocycles. The Labute approximate surface area is 172 Å². The number of benzene rings is 2. The van der Waals surface area contributed by atoms with Gasteiger partial charge < -0.3 is 9.32 Å². The Kier molecular flexibility index (Phi) is 5.18. The first-order valence-electron chi connectivity index (χ1n) is 9.50. The molecule has 7 heteroatoms. The standard InChI is InChI=1S/C23H20FN3O3/c1-15(21-25-20-8-4-3-7-19(20)23(29)26(21)2)27(14-18-6-5-13-30-18)22(28)16-9-11-17(24)12-10-16/h3-13,15H,14H2,1-2H3. The van der Waals surface area contributed by atoms with Crippen LogP contribution in [0.4, 0.5) is 4.39 Å². The van der Waals surface area contributed by atoms with Crippen molar-refractivity contribution in [3.05, 3.63) is 100 Å². The minimum Gasteiger partial charge on any atom is -0.467 e. The highest BCUT2D eigenvalue weighted by atomic mass is 19.1. The number of furan rings is 1. The predicted molar refractivity (Wildman–Crippen MR) is 110 cm³/mol. The molecule has 0 N–H and O–H groups in total. The molecule has 30 heavy (non-hydrogen) atoms. The molecule has 2 heterocycles. The van der Waals surface area contributed by atoms with Crippen LogP contribution in [0.25, 0.3) is 10.9 Å². The molecular formula is C23H20FN3O3. The number of para-hydroxylation sites is 1. The van der Waals surface area contributed by atoms with E-state index in [0.717, 1.165) is 0 Å². The van der Waals surface area contributed by atoms with E-state index in [1.807, 2.05) is 6.07 Å². The van der Waals surface area contributed by atoms with Crippen molar-refractivity contribution in [1.82, 2.24) is 14.5 Å². The number of carbonyl (C=O) groups excluding carboxylic acids is 1. The summed E-state index contributed by atoms with van der Waals surface area (Å²) in [4.78, 5) is 32.3. The molecule has 0 aliphatic heterocycles. The Morgan fingerprint density at radius 2 is 1.87 bits per heavy atom. The molecule has 0 bridgehead atoms. The number of hydrogen-bond donors (Lipinski definition) is 0. The second-order valence-corrected chi connectivity index (χ2v) is 7.05. The number of amides is 1. The zero-order valence-corrected chi connectivity index (χ0v) is 16.6. The van der Waals surface area contributed by atoms with Gasteiger partial charge in [-0.15, -0.1) is 0 Å². The lowest BCUT2D eigenvalue weighted by molar-refractivity contribution is 0.0647. The van der Waals surface area contributed by atoms with Crippen molar-refractivity contribution in [2.45, 2.75) is 19.5 Å². The largest absolute Gasteiger partial charge is 0.467 e. The van der Waals surface area contributed by atoms with Crippen molar-refractivity contribution in [1.29, 1.82) is 0 Å². The third-order valence-corrected chi connectivity index (χ3v) is 5.12. The lowest BCUT2D eigenvalue weighted by Crippen LogP contribution is -2.36. The van der Waals surface area contributed by atoms with E-state index in [2.05, 4.69) is 4.98 Å². The van der Waals surface area contributed by atoms with Crippen LogP contribution in [0.3, 0.4) is 0 Å². The molecule has 0 radical (unpaired) electrons. The Balaban J connectivity index is 1.79. The summed E-state index contributed by atoms with van der Waals surface area (Å²) in [5.41, 5.74) is 0.713. The summed E-state index contributed by atoms with van der Waals surface area (Å²) in [6.45, 7) is 1.98. The molecule has 1 atom stereocenters. The van der Waals surface area contributed by atoms with Crippen molar-refractivity contribution in [3.63, 3.8) is 0 Å². The van der Waals surface area contributed by atoms with E-state index in [1.165, 1.54) is 35.1 Å². The number of fused-ring (bicyclic) bond motifs is 1. The van der Waals surface area contributed by atoms with Crippen LogP contribution >= 0.6 is 0 Å². The smallest absolute Gasteiger partial charge is 0.261 e. The molecule has 4 aromatic rings. The minimum atomic E-state index is -0.546. The molecule has 0 spiro atoms. The normalized spacial score (nSPS) is 12.1. The van der Waals surface area contributed by atoms with Gasteiger partial charge in [0.15, 0.2) is 0 Å². The van der Waals surface area contributed by atoms with Crippen molar-refractivity contribution in [2.75, 3.05) is 0 Å². The molecule has 0 aliphatic carbocycles. The van der Waals surface area contributed by atoms with Crippen molar-refractivity contribution in [2.24, 2.45) is 7.05 Å². The number of hydrogen-bond acceptors (Lipinski definition) is 4. The summed E-state index contributed by atoms with van der Waals surface area (Å²) >= 11 is 0. The van der Waals surface area contributed by atoms with Gasteiger partial charge in [-0.2, -0.15) is 0 Å². The summed E-state index contributed by atoms with van der Waals surface area (Å²) in [6, 6.07) is 15.4. The molecule has 0 fully saturated rings. The summed E-state index contributed by atoms with van der Waals surface area (Å²) in [6.07, 6.45) is 1.53. The number of halogens is 1. The fourth-order valence-corrected chi connectivity index (χ4v) is 3.46. The predicted octanol–water partition coefficient (Wildman–Crippen LogP) is 4.07. The topological polar surface area (TPSA) is 68.3 Å². The van der Waals surface area contributed by atoms with E-state index >= 15 is 0 Å². The fourth-order valence-electron chi connectivity index (χ4n) is 3.46. The van der Waals surface area contributed by atoms with Gasteiger partial charge >= 0.3 is 0 Å². The van der Waals surface area contributed by atoms with Crippen molar-refractivity contribution >= 4 is 16.8 Å². The van der Waals surface area contributed by atoms with Gasteiger partial charge in [0, 0.05) is 12.6 Å². The molecule has 0 aliphatic rings. The maximum absolute atomic E-state index is 13.3. The van der Waals surface area contributed by atoms with E-state index in [1.54, 1.807) is 49.2 Å². The van der Waals surface area contributed by atoms with E-state index in [-0.39, 0.29) is 18.0 Å². The van der Waals surface area contributed by atoms with Crippen molar-refractivity contribution < 1.29 is 13.6 Å². The molecule has 1 unspecified atom stereocenters. The van der Waals surface area contributed by atoms with E-state index in [0.29, 0.717) is 28.1 Å². The van der Waals surface area contributed by atoms with Crippen LogP contribution in [0, 0.1) is 5.82 Å². The Morgan fingerprint density at radius 3 is 2.57 bits per heavy atom. The lowest BCUT2D eigenvalue weighted by atomic mass is 10.1. The summed E-state index contributed by atoms with van der Waals surface area (Å²) in [5.74, 6) is 0.293. The van der Waals surface area contributed by atoms with Gasteiger partial charge in [0.2, 0.25) is 0 Å². The zero-order chi connectivity index (χ0) is 21.3. The monoisotopic (exact) mass is 405 g/mol. The second kappa shape index (κ2) is 7.94. The van der Waals surface area contributed by atoms with Gasteiger partial charge in [0.25, 0.3) is 11.5 Å². The average Bonchev–Trinajstić information content (AvgIpc) is 3.27. The highest BCUT2D eigenvalue weighted by Crippen LogP contribution is 2.24. The van der Waals surface area contributed by atoms with Crippen LogP contribution in [0.1, 0.15) is 34.9 Å². The van der Waals surface area contributed by atoms with Gasteiger partial charge in [-0.05, 0) is 55.5 Å². The Bertz CT molecular complexity index is 1250. The van der Waals surface area contributed by atoms with Crippen LogP contribution in [0.2, 0.25) is 0 Å². The maximum atomic E-state index is 13.3. The van der Waals surface area contributed by atoms with Crippen LogP contribution in [-0.2, 0) is 13.6 Å². The first-order chi connectivity index (χ1) is 14.5. The van der Waals surface area contributed by atoms with E-state index in [9.17, 15) is 14.0 Å². The number of nitrogens with zero attached hydrogens (tertiary/aromatic N) is 3. The first-order valence-corrected chi connectivity index (χ1v) is 9.50. The van der Waals surface area contributed by atoms with Gasteiger partial charge in [-0.1, -0.05) is 12.1 Å². The van der Waals surface area contributed by atoms with Gasteiger partial charge in [0.05, 0.1) is 29.8 Å². The summed E-state index contributed by atoms with van der Waals surface area (Å²) < 4.78 is 20.2. The Morgan fingerprint density at radius 1 is 1.13 bits per heavy atom. The number of rotatable bonds is 5. The zero-order valence-electron chi connectivity index (χ0n) is 16.6. The Hall–Kier alpha value is -3.74. The van der Waals surface area contributed by atoms with Crippen molar-refractivity contribution in [3.8, 4) is 0 Å². The maximum Gasteiger partial charge on any atom is 0.261 e. The number of carbonyl (C=O) groups is 1. The number of aromatic nitrogens is 2. The molecule has 1 amide bonds. The summed E-state index contributed by atoms with van der Waals surface area (Å²) in [7, 11) is 1.64. The van der Waals surface area contributed by atoms with E-state index in [4.69, 9.17) is 4.42 Å². The van der Waals surface area contributed by atoms with E-state index < -0.39 is 11.9 Å². The fraction of sp³-hybridized carbons (Fsp3) is 0.174. The highest BCUT2D eigenvalue weighted by molar-refractivity contribution is 5.94. The third-order valence-electron chi connectivity index (χ3n) is 5.12. The van der Waals surface area contributed by atoms with Crippen LogP contribution in [0.15, 0.2) is 76.1 Å². The highest BCUT2D eigenvalue weighted by Gasteiger charge is 2.27. The van der Waals surface area contributed by atoms with Crippen LogP contribution < -0.4 is 5.56 Å². The molecule has 6 nitrogen and oxygen atoms in total. The SMILES string of the molecule is CC(c1nc2ccccc2c(=O)n1C)N(Cc1ccco1)C(=O)c1ccc(F)cc1. The quantitative estimate of drug-likeness (QED) is 0.502. The van der Waals surface area contributed by atoms with Gasteiger partial charge in [0.1, 0.15) is 17.4 Å². The average molecular weight is 405 g/mol. The lowest BCUT2D eigenvalue weighted by Gasteiger charge is -2.29. The van der Waals surface area contributed by atoms with Gasteiger partial charge in [-0.3, -0.25) is 14.2 Å². The minimum absolute atomic E-state index is 0.174. The molecule has 2 aromatic carbocycles. The van der Waals surface area contributed by atoms with Crippen LogP contribution in [0.5, 0.6) is 0 Å². The molecular weight excluding hydrogens is 385 g/mol. The van der Waals surface area contributed by atoms with Crippen LogP contribution in [-0.4, -0.2) is 20.4 Å². The molecule has 0 saturated heterocycles. The first kappa shape index (κ1) is 19.6. The third kappa shape index (κ3) is 3.61. The molecule has 0 saturated carbocycles. The summed E-state index contributed by atoms with van der Waals surface area (Å²) in [5, 5.41) is 0.512. The second-order valence-electron chi connectivity index (χ2n) is 7.05. The molecule has 4 rings (SSSR count).